The molecule has 0 aromatic heterocycles. The van der Waals surface area contributed by atoms with Crippen LogP contribution in [0.2, 0.25) is 6.55 Å². The highest BCUT2D eigenvalue weighted by molar-refractivity contribution is 7.47. The first-order valence-electron chi connectivity index (χ1n) is 5.12. The third-order valence-electron chi connectivity index (χ3n) is 1.88. The maximum Gasteiger partial charge on any atom is 0.270 e. The van der Waals surface area contributed by atoms with E-state index in [4.69, 9.17) is 22.2 Å². The van der Waals surface area contributed by atoms with Gasteiger partial charge in [-0.3, -0.25) is 0 Å². The average molecular weight is 239 g/mol. The van der Waals surface area contributed by atoms with Gasteiger partial charge >= 0.3 is 0 Å². The molecule has 0 nitrogen and oxygen atoms in total. The Labute approximate surface area is 92.7 Å². The van der Waals surface area contributed by atoms with E-state index in [0.717, 1.165) is 6.42 Å². The Hall–Kier alpha value is 0.537. The molecule has 3 heteroatoms. The first-order chi connectivity index (χ1) is 6.06. The summed E-state index contributed by atoms with van der Waals surface area (Å²) in [6.45, 7) is 2.19. The Morgan fingerprint density at radius 1 is 1.08 bits per heavy atom. The molecule has 0 heterocycles. The third kappa shape index (κ3) is 12.5. The van der Waals surface area contributed by atoms with Gasteiger partial charge < -0.3 is 0 Å². The van der Waals surface area contributed by atoms with E-state index in [-0.39, 0.29) is 0 Å². The van der Waals surface area contributed by atoms with Crippen molar-refractivity contribution in [2.45, 2.75) is 52.0 Å². The van der Waals surface area contributed by atoms with Crippen molar-refractivity contribution in [1.29, 1.82) is 0 Å². The molecule has 0 amide bonds. The molecule has 0 atom stereocenters. The molecule has 0 aromatic carbocycles. The summed E-state index contributed by atoms with van der Waals surface area (Å²) in [5, 5.41) is 0. The summed E-state index contributed by atoms with van der Waals surface area (Å²) in [5.74, 6) is 0. The Morgan fingerprint density at radius 3 is 2.23 bits per heavy atom. The zero-order valence-corrected chi connectivity index (χ0v) is 11.2. The van der Waals surface area contributed by atoms with Crippen molar-refractivity contribution >= 4 is 28.9 Å². The Bertz CT molecular complexity index is 138. The molecule has 0 N–H and O–H groups in total. The highest BCUT2D eigenvalue weighted by Crippen LogP contribution is 2.16. The molecule has 0 aromatic rings. The van der Waals surface area contributed by atoms with Gasteiger partial charge in [-0.25, -0.2) is 0 Å². The Balaban J connectivity index is 3.21. The standard InChI is InChI=1S/C10H20Cl2Si/c1-3-4-5-6-7-8-9-10-13(2,11)12/h9-10H,3-8H2,1-2H3. The summed E-state index contributed by atoms with van der Waals surface area (Å²) in [6, 6.07) is 0. The van der Waals surface area contributed by atoms with Crippen molar-refractivity contribution in [3.8, 4) is 0 Å². The fourth-order valence-corrected chi connectivity index (χ4v) is 2.27. The fourth-order valence-electron chi connectivity index (χ4n) is 1.16. The molecule has 0 aliphatic heterocycles. The monoisotopic (exact) mass is 238 g/mol. The van der Waals surface area contributed by atoms with Crippen LogP contribution in [0.25, 0.3) is 0 Å². The van der Waals surface area contributed by atoms with Crippen molar-refractivity contribution in [3.05, 3.63) is 11.8 Å². The lowest BCUT2D eigenvalue weighted by Crippen LogP contribution is -2.07. The molecule has 0 fully saturated rings. The molecule has 0 unspecified atom stereocenters. The molecular weight excluding hydrogens is 219 g/mol. The topological polar surface area (TPSA) is 0 Å². The Kier molecular flexibility index (Phi) is 8.22. The number of rotatable bonds is 7. The average Bonchev–Trinajstić information content (AvgIpc) is 2.01. The summed E-state index contributed by atoms with van der Waals surface area (Å²) in [7, 11) is 0. The summed E-state index contributed by atoms with van der Waals surface area (Å²) < 4.78 is 0. The van der Waals surface area contributed by atoms with E-state index in [2.05, 4.69) is 13.0 Å². The van der Waals surface area contributed by atoms with Crippen LogP contribution in [0, 0.1) is 0 Å². The molecule has 0 saturated heterocycles. The molecule has 13 heavy (non-hydrogen) atoms. The molecule has 0 spiro atoms. The smallest absolute Gasteiger partial charge is 0.141 e. The Morgan fingerprint density at radius 2 is 1.69 bits per heavy atom. The molecule has 0 bridgehead atoms. The number of halogens is 2. The second kappa shape index (κ2) is 7.90. The van der Waals surface area contributed by atoms with Crippen LogP contribution in [0.4, 0.5) is 0 Å². The minimum Gasteiger partial charge on any atom is -0.141 e. The summed E-state index contributed by atoms with van der Waals surface area (Å²) in [6.07, 6.45) is 9.91. The lowest BCUT2D eigenvalue weighted by atomic mass is 10.1. The van der Waals surface area contributed by atoms with E-state index in [0.29, 0.717) is 0 Å². The van der Waals surface area contributed by atoms with Crippen molar-refractivity contribution in [3.63, 3.8) is 0 Å². The normalized spacial score (nSPS) is 12.6. The number of hydrogen-bond acceptors (Lipinski definition) is 0. The van der Waals surface area contributed by atoms with Gasteiger partial charge in [-0.05, 0) is 19.4 Å². The molecule has 0 rings (SSSR count). The highest BCUT2D eigenvalue weighted by atomic mass is 35.7. The van der Waals surface area contributed by atoms with Gasteiger partial charge in [0.2, 0.25) is 0 Å². The van der Waals surface area contributed by atoms with E-state index >= 15 is 0 Å². The summed E-state index contributed by atoms with van der Waals surface area (Å²) in [4.78, 5) is 0. The van der Waals surface area contributed by atoms with Gasteiger partial charge in [-0.1, -0.05) is 44.4 Å². The van der Waals surface area contributed by atoms with Gasteiger partial charge in [-0.2, -0.15) is 0 Å². The largest absolute Gasteiger partial charge is 0.270 e. The number of allylic oxidation sites excluding steroid dienone is 1. The lowest BCUT2D eigenvalue weighted by Gasteiger charge is -2.01. The number of unbranched alkanes of at least 4 members (excludes halogenated alkanes) is 5. The van der Waals surface area contributed by atoms with Crippen molar-refractivity contribution < 1.29 is 0 Å². The molecular formula is C10H20Cl2Si. The maximum absolute atomic E-state index is 5.91. The lowest BCUT2D eigenvalue weighted by molar-refractivity contribution is 0.637. The minimum absolute atomic E-state index is 1.13. The van der Waals surface area contributed by atoms with Crippen LogP contribution >= 0.6 is 22.2 Å². The first kappa shape index (κ1) is 13.5. The second-order valence-corrected chi connectivity index (χ2v) is 11.1. The van der Waals surface area contributed by atoms with Crippen LogP contribution in [-0.2, 0) is 0 Å². The van der Waals surface area contributed by atoms with Crippen LogP contribution in [0.3, 0.4) is 0 Å². The summed E-state index contributed by atoms with van der Waals surface area (Å²) in [5.41, 5.74) is 2.00. The van der Waals surface area contributed by atoms with Gasteiger partial charge in [0, 0.05) is 0 Å². The SMILES string of the molecule is CCCCCCCC=C[Si](C)(Cl)Cl. The van der Waals surface area contributed by atoms with Crippen LogP contribution in [0.5, 0.6) is 0 Å². The molecule has 0 aliphatic carbocycles. The van der Waals surface area contributed by atoms with Gasteiger partial charge in [0.1, 0.15) is 0 Å². The van der Waals surface area contributed by atoms with Crippen molar-refractivity contribution in [1.82, 2.24) is 0 Å². The van der Waals surface area contributed by atoms with Crippen LogP contribution < -0.4 is 0 Å². The molecule has 0 radical (unpaired) electrons. The van der Waals surface area contributed by atoms with E-state index < -0.39 is 6.69 Å². The molecule has 78 valence electrons. The summed E-state index contributed by atoms with van der Waals surface area (Å²) >= 11 is 11.8. The van der Waals surface area contributed by atoms with Gasteiger partial charge in [0.05, 0.1) is 0 Å². The van der Waals surface area contributed by atoms with Crippen LogP contribution in [0.1, 0.15) is 45.4 Å². The predicted molar refractivity (Wildman–Crippen MR) is 65.8 cm³/mol. The third-order valence-corrected chi connectivity index (χ3v) is 3.46. The van der Waals surface area contributed by atoms with E-state index in [1.165, 1.54) is 32.1 Å². The van der Waals surface area contributed by atoms with Gasteiger partial charge in [0.15, 0.2) is 0 Å². The minimum atomic E-state index is -1.97. The van der Waals surface area contributed by atoms with E-state index in [1.54, 1.807) is 0 Å². The zero-order chi connectivity index (χ0) is 10.2. The van der Waals surface area contributed by atoms with Crippen LogP contribution in [0.15, 0.2) is 11.8 Å². The van der Waals surface area contributed by atoms with Crippen LogP contribution in [-0.4, -0.2) is 6.69 Å². The van der Waals surface area contributed by atoms with Gasteiger partial charge in [-0.15, -0.1) is 22.2 Å². The highest BCUT2D eigenvalue weighted by Gasteiger charge is 2.14. The second-order valence-electron chi connectivity index (χ2n) is 3.56. The molecule has 0 aliphatic rings. The quantitative estimate of drug-likeness (QED) is 0.333. The van der Waals surface area contributed by atoms with Crippen molar-refractivity contribution in [2.75, 3.05) is 0 Å². The zero-order valence-electron chi connectivity index (χ0n) is 8.65. The van der Waals surface area contributed by atoms with Crippen molar-refractivity contribution in [2.24, 2.45) is 0 Å². The number of hydrogen-bond donors (Lipinski definition) is 0. The first-order valence-corrected chi connectivity index (χ1v) is 9.72. The maximum atomic E-state index is 5.91. The predicted octanol–water partition coefficient (Wildman–Crippen LogP) is 4.99. The molecule has 0 saturated carbocycles. The van der Waals surface area contributed by atoms with E-state index in [9.17, 15) is 0 Å². The van der Waals surface area contributed by atoms with Gasteiger partial charge in [0.25, 0.3) is 6.69 Å². The van der Waals surface area contributed by atoms with E-state index in [1.807, 2.05) is 12.2 Å². The fraction of sp³-hybridized carbons (Fsp3) is 0.800.